The molecule has 1 N–H and O–H groups in total. The van der Waals surface area contributed by atoms with Crippen LogP contribution in [0.15, 0.2) is 29.1 Å². The molecule has 1 saturated heterocycles. The van der Waals surface area contributed by atoms with Gasteiger partial charge in [-0.15, -0.1) is 0 Å². The van der Waals surface area contributed by atoms with Gasteiger partial charge in [0, 0.05) is 26.8 Å². The number of rotatable bonds is 5. The van der Waals surface area contributed by atoms with Crippen molar-refractivity contribution in [2.75, 3.05) is 6.54 Å². The molecule has 3 rings (SSSR count). The number of hydrogen-bond acceptors (Lipinski definition) is 5. The SMILES string of the molecule is CC(=O)N1C[C@@H](F)C[C@H]1c1nc(C(=O)CCc2ccc(F)cc2)c(O)c(=O)n1C. The van der Waals surface area contributed by atoms with Crippen molar-refractivity contribution in [3.05, 3.63) is 57.5 Å². The van der Waals surface area contributed by atoms with Gasteiger partial charge in [-0.1, -0.05) is 12.1 Å². The summed E-state index contributed by atoms with van der Waals surface area (Å²) in [6, 6.07) is 4.82. The first kappa shape index (κ1) is 20.6. The lowest BCUT2D eigenvalue weighted by Gasteiger charge is -2.24. The summed E-state index contributed by atoms with van der Waals surface area (Å²) < 4.78 is 27.9. The van der Waals surface area contributed by atoms with Gasteiger partial charge in [0.05, 0.1) is 12.6 Å². The molecule has 2 heterocycles. The van der Waals surface area contributed by atoms with E-state index >= 15 is 0 Å². The number of nitrogens with zero attached hydrogens (tertiary/aromatic N) is 3. The maximum Gasteiger partial charge on any atom is 0.296 e. The standard InChI is InChI=1S/C20H21F2N3O4/c1-11(26)25-10-14(22)9-15(25)19-23-17(18(28)20(29)24(19)2)16(27)8-5-12-3-6-13(21)7-4-12/h3-4,6-7,14-15,28H,5,8-10H2,1-2H3/t14-,15-/m0/s1. The summed E-state index contributed by atoms with van der Waals surface area (Å²) >= 11 is 0. The molecule has 0 bridgehead atoms. The van der Waals surface area contributed by atoms with Crippen LogP contribution in [0.2, 0.25) is 0 Å². The zero-order valence-corrected chi connectivity index (χ0v) is 16.1. The predicted molar refractivity (Wildman–Crippen MR) is 99.8 cm³/mol. The molecular formula is C20H21F2N3O4. The first-order chi connectivity index (χ1) is 13.7. The number of carbonyl (C=O) groups is 2. The molecule has 0 spiro atoms. The molecule has 1 fully saturated rings. The Bertz CT molecular complexity index is 1000. The fourth-order valence-corrected chi connectivity index (χ4v) is 3.50. The Hall–Kier alpha value is -3.10. The Morgan fingerprint density at radius 2 is 1.93 bits per heavy atom. The lowest BCUT2D eigenvalue weighted by Crippen LogP contribution is -2.34. The highest BCUT2D eigenvalue weighted by atomic mass is 19.1. The van der Waals surface area contributed by atoms with Gasteiger partial charge in [0.25, 0.3) is 5.56 Å². The van der Waals surface area contributed by atoms with Gasteiger partial charge >= 0.3 is 0 Å². The molecule has 154 valence electrons. The van der Waals surface area contributed by atoms with Crippen LogP contribution in [-0.2, 0) is 18.3 Å². The van der Waals surface area contributed by atoms with Gasteiger partial charge < -0.3 is 10.0 Å². The van der Waals surface area contributed by atoms with Gasteiger partial charge in [-0.05, 0) is 24.1 Å². The second-order valence-corrected chi connectivity index (χ2v) is 7.10. The summed E-state index contributed by atoms with van der Waals surface area (Å²) in [4.78, 5) is 42.3. The number of halogens is 2. The zero-order valence-electron chi connectivity index (χ0n) is 16.1. The average molecular weight is 405 g/mol. The Balaban J connectivity index is 1.91. The molecule has 1 aliphatic heterocycles. The summed E-state index contributed by atoms with van der Waals surface area (Å²) in [7, 11) is 1.35. The minimum absolute atomic E-state index is 0.0478. The van der Waals surface area contributed by atoms with E-state index in [1.165, 1.54) is 43.1 Å². The monoisotopic (exact) mass is 405 g/mol. The van der Waals surface area contributed by atoms with Crippen molar-refractivity contribution in [2.45, 2.75) is 38.4 Å². The van der Waals surface area contributed by atoms with Crippen molar-refractivity contribution >= 4 is 11.7 Å². The normalized spacial score (nSPS) is 18.8. The molecule has 1 amide bonds. The van der Waals surface area contributed by atoms with E-state index < -0.39 is 40.8 Å². The van der Waals surface area contributed by atoms with Crippen LogP contribution in [0.4, 0.5) is 8.78 Å². The highest BCUT2D eigenvalue weighted by Crippen LogP contribution is 2.33. The smallest absolute Gasteiger partial charge is 0.296 e. The van der Waals surface area contributed by atoms with Gasteiger partial charge in [-0.25, -0.2) is 13.8 Å². The molecule has 0 aliphatic carbocycles. The lowest BCUT2D eigenvalue weighted by molar-refractivity contribution is -0.130. The van der Waals surface area contributed by atoms with Crippen LogP contribution in [0.3, 0.4) is 0 Å². The molecular weight excluding hydrogens is 384 g/mol. The summed E-state index contributed by atoms with van der Waals surface area (Å²) in [5, 5.41) is 10.2. The Morgan fingerprint density at radius 3 is 2.55 bits per heavy atom. The minimum atomic E-state index is -1.27. The van der Waals surface area contributed by atoms with Gasteiger partial charge in [0.15, 0.2) is 11.5 Å². The van der Waals surface area contributed by atoms with E-state index in [1.807, 2.05) is 0 Å². The predicted octanol–water partition coefficient (Wildman–Crippen LogP) is 2.07. The number of alkyl halides is 1. The fourth-order valence-electron chi connectivity index (χ4n) is 3.50. The zero-order chi connectivity index (χ0) is 21.3. The summed E-state index contributed by atoms with van der Waals surface area (Å²) in [5.41, 5.74) is -0.538. The number of likely N-dealkylation sites (tertiary alicyclic amines) is 1. The van der Waals surface area contributed by atoms with E-state index in [0.717, 1.165) is 4.57 Å². The van der Waals surface area contributed by atoms with Crippen molar-refractivity contribution in [3.63, 3.8) is 0 Å². The highest BCUT2D eigenvalue weighted by molar-refractivity contribution is 5.96. The third kappa shape index (κ3) is 4.18. The van der Waals surface area contributed by atoms with E-state index in [9.17, 15) is 28.3 Å². The van der Waals surface area contributed by atoms with Crippen molar-refractivity contribution < 1.29 is 23.5 Å². The van der Waals surface area contributed by atoms with Gasteiger partial charge in [0.1, 0.15) is 17.8 Å². The van der Waals surface area contributed by atoms with Crippen LogP contribution in [0, 0.1) is 5.82 Å². The molecule has 1 aromatic heterocycles. The number of aryl methyl sites for hydroxylation is 1. The average Bonchev–Trinajstić information content (AvgIpc) is 3.07. The van der Waals surface area contributed by atoms with E-state index in [1.54, 1.807) is 0 Å². The number of aromatic hydroxyl groups is 1. The Kier molecular flexibility index (Phi) is 5.76. The molecule has 1 aliphatic rings. The number of aromatic nitrogens is 2. The maximum absolute atomic E-state index is 13.9. The number of hydrogen-bond donors (Lipinski definition) is 1. The molecule has 1 aromatic carbocycles. The molecule has 9 heteroatoms. The van der Waals surface area contributed by atoms with Gasteiger partial charge in [-0.3, -0.25) is 19.0 Å². The molecule has 29 heavy (non-hydrogen) atoms. The van der Waals surface area contributed by atoms with Crippen molar-refractivity contribution in [2.24, 2.45) is 7.05 Å². The second-order valence-electron chi connectivity index (χ2n) is 7.10. The molecule has 7 nitrogen and oxygen atoms in total. The van der Waals surface area contributed by atoms with Crippen molar-refractivity contribution in [1.82, 2.24) is 14.5 Å². The number of benzene rings is 1. The summed E-state index contributed by atoms with van der Waals surface area (Å²) in [5.74, 6) is -2.08. The lowest BCUT2D eigenvalue weighted by atomic mass is 10.1. The fraction of sp³-hybridized carbons (Fsp3) is 0.400. The maximum atomic E-state index is 13.9. The number of amides is 1. The van der Waals surface area contributed by atoms with Crippen LogP contribution in [0.1, 0.15) is 47.7 Å². The topological polar surface area (TPSA) is 92.5 Å². The van der Waals surface area contributed by atoms with Crippen molar-refractivity contribution in [1.29, 1.82) is 0 Å². The largest absolute Gasteiger partial charge is 0.501 e. The number of Topliss-reactive ketones (excluding diaryl/α,β-unsaturated/α-hetero) is 1. The van der Waals surface area contributed by atoms with Crippen molar-refractivity contribution in [3.8, 4) is 5.75 Å². The number of carbonyl (C=O) groups excluding carboxylic acids is 2. The van der Waals surface area contributed by atoms with E-state index in [-0.39, 0.29) is 37.5 Å². The van der Waals surface area contributed by atoms with Crippen LogP contribution in [0.5, 0.6) is 5.75 Å². The molecule has 2 aromatic rings. The van der Waals surface area contributed by atoms with Gasteiger partial charge in [-0.2, -0.15) is 0 Å². The molecule has 0 saturated carbocycles. The number of ketones is 1. The van der Waals surface area contributed by atoms with Crippen LogP contribution in [0.25, 0.3) is 0 Å². The van der Waals surface area contributed by atoms with Gasteiger partial charge in [0.2, 0.25) is 11.7 Å². The third-order valence-electron chi connectivity index (χ3n) is 5.07. The van der Waals surface area contributed by atoms with E-state index in [2.05, 4.69) is 4.98 Å². The van der Waals surface area contributed by atoms with E-state index in [4.69, 9.17) is 0 Å². The first-order valence-electron chi connectivity index (χ1n) is 9.17. The quantitative estimate of drug-likeness (QED) is 0.769. The first-order valence-corrected chi connectivity index (χ1v) is 9.17. The third-order valence-corrected chi connectivity index (χ3v) is 5.07. The van der Waals surface area contributed by atoms with Crippen LogP contribution < -0.4 is 5.56 Å². The summed E-state index contributed by atoms with van der Waals surface area (Å²) in [6.07, 6.45) is -1.12. The minimum Gasteiger partial charge on any atom is -0.501 e. The highest BCUT2D eigenvalue weighted by Gasteiger charge is 2.38. The molecule has 0 unspecified atom stereocenters. The van der Waals surface area contributed by atoms with Crippen LogP contribution in [-0.4, -0.2) is 44.0 Å². The second kappa shape index (κ2) is 8.10. The van der Waals surface area contributed by atoms with E-state index in [0.29, 0.717) is 5.56 Å². The molecule has 2 atom stereocenters. The Morgan fingerprint density at radius 1 is 1.28 bits per heavy atom. The van der Waals surface area contributed by atoms with Crippen LogP contribution >= 0.6 is 0 Å². The molecule has 0 radical (unpaired) electrons. The summed E-state index contributed by atoms with van der Waals surface area (Å²) in [6.45, 7) is 1.17. The Labute approximate surface area is 165 Å².